The maximum absolute atomic E-state index is 15.2. The van der Waals surface area contributed by atoms with Crippen LogP contribution in [0.2, 0.25) is 5.02 Å². The highest BCUT2D eigenvalue weighted by Crippen LogP contribution is 2.64. The van der Waals surface area contributed by atoms with E-state index in [0.717, 1.165) is 26.7 Å². The van der Waals surface area contributed by atoms with Crippen molar-refractivity contribution in [2.45, 2.75) is 37.3 Å². The van der Waals surface area contributed by atoms with E-state index in [2.05, 4.69) is 10.4 Å². The van der Waals surface area contributed by atoms with E-state index in [0.29, 0.717) is 28.5 Å². The van der Waals surface area contributed by atoms with Gasteiger partial charge in [-0.15, -0.1) is 0 Å². The number of hydrogen-bond acceptors (Lipinski definition) is 8. The summed E-state index contributed by atoms with van der Waals surface area (Å²) < 4.78 is 41.0. The number of benzene rings is 3. The van der Waals surface area contributed by atoms with E-state index in [1.165, 1.54) is 19.2 Å². The SMILES string of the molecule is Cc1ccc(NN2C(=O)[C@@H]3C[C@@H]4C(=CC[C@@H]5C(=O)N(N(C)c6nc(C(F)(F)F)ccc6Cl)C(=O)[C@@H]54)[C@H](c4ccc(O)cc4)[C@]3(c3ccccc3)C2=O)cc1. The zero-order chi connectivity index (χ0) is 38.3. The number of carbonyl (C=O) groups is 4. The standard InChI is InChI=1S/C40H33ClF3N5O5/c1-21-8-12-24(13-9-21)46-48-36(52)29-20-28-26(33(22-10-14-25(50)15-11-22)39(29,38(48)54)23-6-4-3-5-7-23)16-17-27-32(28)37(53)49(35(27)51)47(2)34-30(41)18-19-31(45-34)40(42,43)44/h3-16,18-19,27-29,32-33,46,50H,17,20H2,1-2H3/t27-,28+,29-,32-,33-,39+/m0/s1. The van der Waals surface area contributed by atoms with Gasteiger partial charge in [0.2, 0.25) is 0 Å². The fourth-order valence-electron chi connectivity index (χ4n) is 8.98. The molecule has 3 fully saturated rings. The van der Waals surface area contributed by atoms with Gasteiger partial charge in [-0.05, 0) is 73.2 Å². The first-order chi connectivity index (χ1) is 25.7. The lowest BCUT2D eigenvalue weighted by atomic mass is 9.49. The Morgan fingerprint density at radius 2 is 1.57 bits per heavy atom. The van der Waals surface area contributed by atoms with Crippen molar-refractivity contribution in [3.8, 4) is 5.75 Å². The van der Waals surface area contributed by atoms with Gasteiger partial charge in [-0.2, -0.15) is 23.2 Å². The number of anilines is 2. The van der Waals surface area contributed by atoms with Crippen molar-refractivity contribution >= 4 is 46.7 Å². The Labute approximate surface area is 312 Å². The first-order valence-corrected chi connectivity index (χ1v) is 17.7. The summed E-state index contributed by atoms with van der Waals surface area (Å²) in [7, 11) is 1.25. The highest BCUT2D eigenvalue weighted by molar-refractivity contribution is 6.33. The van der Waals surface area contributed by atoms with Gasteiger partial charge < -0.3 is 5.11 Å². The maximum atomic E-state index is 15.2. The quantitative estimate of drug-likeness (QED) is 0.163. The van der Waals surface area contributed by atoms with Gasteiger partial charge in [0, 0.05) is 13.0 Å². The van der Waals surface area contributed by atoms with Crippen molar-refractivity contribution in [2.75, 3.05) is 17.5 Å². The minimum Gasteiger partial charge on any atom is -0.508 e. The van der Waals surface area contributed by atoms with Crippen molar-refractivity contribution in [3.05, 3.63) is 130 Å². The third kappa shape index (κ3) is 5.27. The summed E-state index contributed by atoms with van der Waals surface area (Å²) in [6.07, 6.45) is -2.84. The maximum Gasteiger partial charge on any atom is 0.433 e. The lowest BCUT2D eigenvalue weighted by molar-refractivity contribution is -0.142. The molecule has 0 bridgehead atoms. The molecule has 2 aliphatic carbocycles. The number of aromatic hydroxyl groups is 1. The third-order valence-electron chi connectivity index (χ3n) is 11.3. The van der Waals surface area contributed by atoms with Gasteiger partial charge >= 0.3 is 6.18 Å². The molecular weight excluding hydrogens is 723 g/mol. The lowest BCUT2D eigenvalue weighted by Crippen LogP contribution is -2.53. The van der Waals surface area contributed by atoms with E-state index in [-0.39, 0.29) is 23.6 Å². The second kappa shape index (κ2) is 12.7. The van der Waals surface area contributed by atoms with Crippen LogP contribution in [0.1, 0.15) is 41.1 Å². The van der Waals surface area contributed by atoms with Crippen molar-refractivity contribution in [1.82, 2.24) is 15.0 Å². The number of amides is 4. The molecule has 8 rings (SSSR count). The lowest BCUT2D eigenvalue weighted by Gasteiger charge is -2.50. The zero-order valence-corrected chi connectivity index (χ0v) is 29.7. The summed E-state index contributed by atoms with van der Waals surface area (Å²) in [6, 6.07) is 24.3. The monoisotopic (exact) mass is 755 g/mol. The Hall–Kier alpha value is -5.69. The molecule has 2 aliphatic heterocycles. The van der Waals surface area contributed by atoms with Crippen LogP contribution in [0.5, 0.6) is 5.75 Å². The Kier molecular flexibility index (Phi) is 8.33. The van der Waals surface area contributed by atoms with Crippen LogP contribution in [0.4, 0.5) is 24.7 Å². The van der Waals surface area contributed by atoms with E-state index >= 15 is 4.79 Å². The van der Waals surface area contributed by atoms with E-state index in [1.54, 1.807) is 48.5 Å². The van der Waals surface area contributed by atoms with Gasteiger partial charge in [0.15, 0.2) is 5.82 Å². The molecule has 4 aromatic rings. The van der Waals surface area contributed by atoms with Crippen molar-refractivity contribution in [2.24, 2.45) is 23.7 Å². The molecule has 10 nitrogen and oxygen atoms in total. The number of phenols is 1. The minimum atomic E-state index is -4.81. The predicted octanol–water partition coefficient (Wildman–Crippen LogP) is 6.80. The van der Waals surface area contributed by atoms with Crippen molar-refractivity contribution in [3.63, 3.8) is 0 Å². The molecule has 3 heterocycles. The van der Waals surface area contributed by atoms with Gasteiger partial charge in [0.05, 0.1) is 33.9 Å². The Bertz CT molecular complexity index is 2230. The first kappa shape index (κ1) is 35.3. The third-order valence-corrected chi connectivity index (χ3v) is 11.6. The number of hydrogen-bond donors (Lipinski definition) is 2. The highest BCUT2D eigenvalue weighted by Gasteiger charge is 2.70. The number of rotatable bonds is 6. The van der Waals surface area contributed by atoms with Gasteiger partial charge in [0.1, 0.15) is 11.4 Å². The summed E-state index contributed by atoms with van der Waals surface area (Å²) in [4.78, 5) is 62.2. The fourth-order valence-corrected chi connectivity index (χ4v) is 9.21. The van der Waals surface area contributed by atoms with Crippen molar-refractivity contribution < 1.29 is 37.5 Å². The number of phenolic OH excluding ortho intramolecular Hbond substituents is 1. The molecule has 14 heteroatoms. The number of imide groups is 2. The molecule has 1 aromatic heterocycles. The molecule has 2 N–H and O–H groups in total. The summed E-state index contributed by atoms with van der Waals surface area (Å²) in [5.74, 6) is -7.25. The normalized spacial score (nSPS) is 26.3. The van der Waals surface area contributed by atoms with Crippen LogP contribution < -0.4 is 10.4 Å². The number of aryl methyl sites for hydroxylation is 1. The van der Waals surface area contributed by atoms with Crippen LogP contribution in [0.15, 0.2) is 103 Å². The smallest absolute Gasteiger partial charge is 0.433 e. The first-order valence-electron chi connectivity index (χ1n) is 17.3. The summed E-state index contributed by atoms with van der Waals surface area (Å²) >= 11 is 6.29. The Balaban J connectivity index is 1.26. The van der Waals surface area contributed by atoms with E-state index < -0.39 is 76.3 Å². The van der Waals surface area contributed by atoms with Crippen LogP contribution in [0.3, 0.4) is 0 Å². The zero-order valence-electron chi connectivity index (χ0n) is 28.9. The van der Waals surface area contributed by atoms with Gasteiger partial charge in [-0.1, -0.05) is 83.4 Å². The Morgan fingerprint density at radius 1 is 0.889 bits per heavy atom. The molecule has 54 heavy (non-hydrogen) atoms. The number of hydrazine groups is 2. The number of pyridine rings is 1. The molecule has 0 radical (unpaired) electrons. The molecule has 2 saturated heterocycles. The highest BCUT2D eigenvalue weighted by atomic mass is 35.5. The molecule has 0 unspecified atom stereocenters. The van der Waals surface area contributed by atoms with Crippen LogP contribution in [0, 0.1) is 30.6 Å². The van der Waals surface area contributed by atoms with Crippen LogP contribution in [-0.2, 0) is 30.8 Å². The van der Waals surface area contributed by atoms with Crippen LogP contribution in [0.25, 0.3) is 0 Å². The molecule has 6 atom stereocenters. The number of nitrogens with zero attached hydrogens (tertiary/aromatic N) is 4. The number of carbonyl (C=O) groups excluding carboxylic acids is 4. The molecular formula is C40H33ClF3N5O5. The molecule has 4 aliphatic rings. The Morgan fingerprint density at radius 3 is 2.24 bits per heavy atom. The van der Waals surface area contributed by atoms with Gasteiger partial charge in [-0.25, -0.2) is 4.98 Å². The average Bonchev–Trinajstić information content (AvgIpc) is 3.53. The molecule has 1 saturated carbocycles. The number of nitrogens with one attached hydrogen (secondary N) is 1. The molecule has 0 spiro atoms. The number of fused-ring (bicyclic) bond motifs is 4. The predicted molar refractivity (Wildman–Crippen MR) is 191 cm³/mol. The largest absolute Gasteiger partial charge is 0.508 e. The number of alkyl halides is 3. The van der Waals surface area contributed by atoms with Gasteiger partial charge in [0.25, 0.3) is 23.6 Å². The summed E-state index contributed by atoms with van der Waals surface area (Å²) in [5.41, 5.74) is 3.67. The summed E-state index contributed by atoms with van der Waals surface area (Å²) in [5, 5.41) is 12.9. The topological polar surface area (TPSA) is 123 Å². The number of allylic oxidation sites excluding steroid dienone is 2. The number of halogens is 4. The fraction of sp³-hybridized carbons (Fsp3) is 0.275. The van der Waals surface area contributed by atoms with Crippen molar-refractivity contribution in [1.29, 1.82) is 0 Å². The molecule has 3 aromatic carbocycles. The number of aromatic nitrogens is 1. The molecule has 276 valence electrons. The second-order valence-corrected chi connectivity index (χ2v) is 14.6. The van der Waals surface area contributed by atoms with Crippen LogP contribution in [-0.4, -0.2) is 50.8 Å². The molecule has 4 amide bonds. The second-order valence-electron chi connectivity index (χ2n) is 14.2. The minimum absolute atomic E-state index is 0.0114. The van der Waals surface area contributed by atoms with E-state index in [9.17, 15) is 32.7 Å². The van der Waals surface area contributed by atoms with E-state index in [4.69, 9.17) is 11.6 Å². The van der Waals surface area contributed by atoms with Crippen LogP contribution >= 0.6 is 11.6 Å². The van der Waals surface area contributed by atoms with E-state index in [1.807, 2.05) is 31.2 Å². The average molecular weight is 756 g/mol. The van der Waals surface area contributed by atoms with Gasteiger partial charge in [-0.3, -0.25) is 29.6 Å². The summed E-state index contributed by atoms with van der Waals surface area (Å²) in [6.45, 7) is 1.92.